The average molecular weight is 329 g/mol. The Morgan fingerprint density at radius 2 is 2.17 bits per heavy atom. The first kappa shape index (κ1) is 16.4. The van der Waals surface area contributed by atoms with E-state index in [0.717, 1.165) is 30.9 Å². The van der Waals surface area contributed by atoms with Crippen molar-refractivity contribution in [3.63, 3.8) is 0 Å². The molecule has 1 aromatic heterocycles. The van der Waals surface area contributed by atoms with Crippen molar-refractivity contribution < 1.29 is 18.7 Å². The van der Waals surface area contributed by atoms with Gasteiger partial charge in [-0.15, -0.1) is 0 Å². The van der Waals surface area contributed by atoms with Gasteiger partial charge >= 0.3 is 0 Å². The third kappa shape index (κ3) is 3.72. The number of methoxy groups -OCH3 is 1. The van der Waals surface area contributed by atoms with Crippen molar-refractivity contribution >= 4 is 5.91 Å². The molecule has 2 aromatic rings. The summed E-state index contributed by atoms with van der Waals surface area (Å²) in [6.07, 6.45) is 3.63. The summed E-state index contributed by atoms with van der Waals surface area (Å²) in [6, 6.07) is 9.34. The standard InChI is InChI=1S/C19H23NO4/c1-14-18(8-10-23-14)19(21)20-9-4-5-15(12-20)13-24-17-7-3-6-16(11-17)22-2/h3,6-8,10-11,15H,4-5,9,12-13H2,1-2H3/t15-/m1/s1. The van der Waals surface area contributed by atoms with Gasteiger partial charge in [0.1, 0.15) is 17.3 Å². The summed E-state index contributed by atoms with van der Waals surface area (Å²) in [4.78, 5) is 14.5. The zero-order valence-electron chi connectivity index (χ0n) is 14.2. The van der Waals surface area contributed by atoms with Crippen LogP contribution in [0.1, 0.15) is 29.0 Å². The summed E-state index contributed by atoms with van der Waals surface area (Å²) in [5.41, 5.74) is 0.657. The predicted molar refractivity (Wildman–Crippen MR) is 90.6 cm³/mol. The Bertz CT molecular complexity index is 694. The molecule has 1 fully saturated rings. The van der Waals surface area contributed by atoms with Crippen molar-refractivity contribution in [3.05, 3.63) is 47.9 Å². The zero-order chi connectivity index (χ0) is 16.9. The lowest BCUT2D eigenvalue weighted by Gasteiger charge is -2.32. The van der Waals surface area contributed by atoms with Crippen LogP contribution in [0.15, 0.2) is 41.0 Å². The van der Waals surface area contributed by atoms with Gasteiger partial charge in [-0.2, -0.15) is 0 Å². The molecular weight excluding hydrogens is 306 g/mol. The highest BCUT2D eigenvalue weighted by atomic mass is 16.5. The molecule has 1 atom stereocenters. The molecule has 0 N–H and O–H groups in total. The number of furan rings is 1. The molecule has 128 valence electrons. The van der Waals surface area contributed by atoms with Crippen LogP contribution in [0.4, 0.5) is 0 Å². The Balaban J connectivity index is 1.57. The quantitative estimate of drug-likeness (QED) is 0.842. The molecule has 0 unspecified atom stereocenters. The van der Waals surface area contributed by atoms with E-state index in [1.165, 1.54) is 0 Å². The maximum absolute atomic E-state index is 12.6. The van der Waals surface area contributed by atoms with Gasteiger partial charge in [-0.3, -0.25) is 4.79 Å². The summed E-state index contributed by atoms with van der Waals surface area (Å²) >= 11 is 0. The second-order valence-electron chi connectivity index (χ2n) is 6.14. The highest BCUT2D eigenvalue weighted by Gasteiger charge is 2.26. The van der Waals surface area contributed by atoms with Crippen LogP contribution in [0.25, 0.3) is 0 Å². The number of ether oxygens (including phenoxy) is 2. The number of nitrogens with zero attached hydrogens (tertiary/aromatic N) is 1. The molecule has 0 radical (unpaired) electrons. The predicted octanol–water partition coefficient (Wildman–Crippen LogP) is 3.53. The molecule has 3 rings (SSSR count). The first-order valence-corrected chi connectivity index (χ1v) is 8.27. The Morgan fingerprint density at radius 3 is 2.92 bits per heavy atom. The van der Waals surface area contributed by atoms with Crippen LogP contribution in [0.2, 0.25) is 0 Å². The molecule has 5 nitrogen and oxygen atoms in total. The van der Waals surface area contributed by atoms with E-state index >= 15 is 0 Å². The fourth-order valence-electron chi connectivity index (χ4n) is 3.07. The van der Waals surface area contributed by atoms with Gasteiger partial charge < -0.3 is 18.8 Å². The molecule has 5 heteroatoms. The molecule has 0 bridgehead atoms. The number of rotatable bonds is 5. The summed E-state index contributed by atoms with van der Waals surface area (Å²) in [6.45, 7) is 3.93. The molecule has 0 spiro atoms. The SMILES string of the molecule is COc1cccc(OC[C@@H]2CCCN(C(=O)c3ccoc3C)C2)c1. The first-order chi connectivity index (χ1) is 11.7. The molecule has 1 aliphatic rings. The number of carbonyl (C=O) groups is 1. The molecule has 1 aliphatic heterocycles. The van der Waals surface area contributed by atoms with Gasteiger partial charge in [-0.05, 0) is 38.0 Å². The summed E-state index contributed by atoms with van der Waals surface area (Å²) in [5, 5.41) is 0. The van der Waals surface area contributed by atoms with Crippen molar-refractivity contribution in [1.29, 1.82) is 0 Å². The number of benzene rings is 1. The van der Waals surface area contributed by atoms with E-state index in [9.17, 15) is 4.79 Å². The minimum absolute atomic E-state index is 0.0485. The molecule has 1 saturated heterocycles. The smallest absolute Gasteiger partial charge is 0.257 e. The Morgan fingerprint density at radius 1 is 1.33 bits per heavy atom. The van der Waals surface area contributed by atoms with Crippen molar-refractivity contribution in [3.8, 4) is 11.5 Å². The van der Waals surface area contributed by atoms with Gasteiger partial charge in [0.25, 0.3) is 5.91 Å². The largest absolute Gasteiger partial charge is 0.497 e. The molecule has 1 aromatic carbocycles. The van der Waals surface area contributed by atoms with Crippen LogP contribution in [0.3, 0.4) is 0 Å². The molecule has 24 heavy (non-hydrogen) atoms. The second kappa shape index (κ2) is 7.43. The minimum Gasteiger partial charge on any atom is -0.497 e. The van der Waals surface area contributed by atoms with Crippen LogP contribution in [-0.4, -0.2) is 37.6 Å². The van der Waals surface area contributed by atoms with Gasteiger partial charge in [0.15, 0.2) is 0 Å². The fraction of sp³-hybridized carbons (Fsp3) is 0.421. The van der Waals surface area contributed by atoms with Crippen LogP contribution in [0, 0.1) is 12.8 Å². The molecule has 1 amide bonds. The van der Waals surface area contributed by atoms with Gasteiger partial charge in [-0.25, -0.2) is 0 Å². The Hall–Kier alpha value is -2.43. The lowest BCUT2D eigenvalue weighted by molar-refractivity contribution is 0.0631. The highest BCUT2D eigenvalue weighted by molar-refractivity contribution is 5.95. The third-order valence-corrected chi connectivity index (χ3v) is 4.42. The van der Waals surface area contributed by atoms with Crippen LogP contribution in [-0.2, 0) is 0 Å². The lowest BCUT2D eigenvalue weighted by atomic mass is 9.98. The minimum atomic E-state index is 0.0485. The van der Waals surface area contributed by atoms with Crippen LogP contribution < -0.4 is 9.47 Å². The average Bonchev–Trinajstić information content (AvgIpc) is 3.05. The van der Waals surface area contributed by atoms with Crippen LogP contribution >= 0.6 is 0 Å². The third-order valence-electron chi connectivity index (χ3n) is 4.42. The van der Waals surface area contributed by atoms with Gasteiger partial charge in [0.2, 0.25) is 0 Å². The van der Waals surface area contributed by atoms with E-state index in [2.05, 4.69) is 0 Å². The number of hydrogen-bond acceptors (Lipinski definition) is 4. The summed E-state index contributed by atoms with van der Waals surface area (Å²) in [5.74, 6) is 2.63. The molecule has 0 aliphatic carbocycles. The van der Waals surface area contributed by atoms with Crippen molar-refractivity contribution in [2.75, 3.05) is 26.8 Å². The molecule has 0 saturated carbocycles. The monoisotopic (exact) mass is 329 g/mol. The van der Waals surface area contributed by atoms with Crippen LogP contribution in [0.5, 0.6) is 11.5 Å². The van der Waals surface area contributed by atoms with Gasteiger partial charge in [0, 0.05) is 25.1 Å². The van der Waals surface area contributed by atoms with E-state index in [1.54, 1.807) is 19.4 Å². The maximum atomic E-state index is 12.6. The van der Waals surface area contributed by atoms with E-state index in [1.807, 2.05) is 36.1 Å². The topological polar surface area (TPSA) is 51.9 Å². The Kier molecular flexibility index (Phi) is 5.08. The summed E-state index contributed by atoms with van der Waals surface area (Å²) in [7, 11) is 1.64. The fourth-order valence-corrected chi connectivity index (χ4v) is 3.07. The van der Waals surface area contributed by atoms with E-state index in [0.29, 0.717) is 30.4 Å². The number of carbonyl (C=O) groups excluding carboxylic acids is 1. The van der Waals surface area contributed by atoms with Crippen molar-refractivity contribution in [2.24, 2.45) is 5.92 Å². The number of likely N-dealkylation sites (tertiary alicyclic amines) is 1. The second-order valence-corrected chi connectivity index (χ2v) is 6.14. The van der Waals surface area contributed by atoms with E-state index < -0.39 is 0 Å². The maximum Gasteiger partial charge on any atom is 0.257 e. The Labute approximate surface area is 142 Å². The molecule has 2 heterocycles. The highest BCUT2D eigenvalue weighted by Crippen LogP contribution is 2.23. The van der Waals surface area contributed by atoms with E-state index in [-0.39, 0.29) is 5.91 Å². The zero-order valence-corrected chi connectivity index (χ0v) is 14.2. The molecular formula is C19H23NO4. The number of piperidine rings is 1. The lowest BCUT2D eigenvalue weighted by Crippen LogP contribution is -2.41. The number of hydrogen-bond donors (Lipinski definition) is 0. The van der Waals surface area contributed by atoms with Crippen molar-refractivity contribution in [1.82, 2.24) is 4.90 Å². The van der Waals surface area contributed by atoms with Gasteiger partial charge in [0.05, 0.1) is 25.5 Å². The van der Waals surface area contributed by atoms with Gasteiger partial charge in [-0.1, -0.05) is 6.07 Å². The summed E-state index contributed by atoms with van der Waals surface area (Å²) < 4.78 is 16.3. The van der Waals surface area contributed by atoms with Crippen molar-refractivity contribution in [2.45, 2.75) is 19.8 Å². The number of amides is 1. The van der Waals surface area contributed by atoms with E-state index in [4.69, 9.17) is 13.9 Å². The normalized spacial score (nSPS) is 17.6. The number of aryl methyl sites for hydroxylation is 1. The first-order valence-electron chi connectivity index (χ1n) is 8.27.